The van der Waals surface area contributed by atoms with Gasteiger partial charge in [0.05, 0.1) is 0 Å². The number of fused-ring (bicyclic) bond motifs is 1. The van der Waals surface area contributed by atoms with Crippen LogP contribution in [0.25, 0.3) is 11.2 Å². The van der Waals surface area contributed by atoms with Gasteiger partial charge in [0.15, 0.2) is 11.2 Å². The number of hydrogen-bond donors (Lipinski definition) is 3. The summed E-state index contributed by atoms with van der Waals surface area (Å²) < 4.78 is 2.52. The summed E-state index contributed by atoms with van der Waals surface area (Å²) in [4.78, 5) is 49.6. The van der Waals surface area contributed by atoms with Gasteiger partial charge in [-0.3, -0.25) is 23.5 Å². The molecule has 0 saturated heterocycles. The van der Waals surface area contributed by atoms with Crippen molar-refractivity contribution in [3.8, 4) is 0 Å². The van der Waals surface area contributed by atoms with Gasteiger partial charge in [-0.2, -0.15) is 0 Å². The molecule has 0 saturated carbocycles. The Morgan fingerprint density at radius 3 is 2.26 bits per heavy atom. The molecule has 0 fully saturated rings. The summed E-state index contributed by atoms with van der Waals surface area (Å²) in [6.07, 6.45) is 1.27. The Hall–Kier alpha value is -2.46. The number of carbonyl (C=O) groups is 1. The van der Waals surface area contributed by atoms with Crippen LogP contribution in [-0.2, 0) is 24.8 Å². The quantitative estimate of drug-likeness (QED) is 0.519. The molecule has 0 atom stereocenters. The van der Waals surface area contributed by atoms with Crippen molar-refractivity contribution in [1.82, 2.24) is 18.7 Å². The Kier molecular flexibility index (Phi) is 4.96. The molecule has 0 unspecified atom stereocenters. The van der Waals surface area contributed by atoms with Crippen molar-refractivity contribution >= 4 is 16.9 Å². The van der Waals surface area contributed by atoms with Crippen LogP contribution in [0.5, 0.6) is 0 Å². The van der Waals surface area contributed by atoms with Crippen LogP contribution in [0, 0.1) is 0 Å². The predicted octanol–water partition coefficient (Wildman–Crippen LogP) is -1.69. The standard InChI is InChI=1S/C13H18N4O6/c1-8(20)4-2-3-5-15-11(21)9-10(17(7-19)13(15)23)14-12(22)16(9)6-18/h18-19H,2-7H2,1H3,(H,14,22). The molecular weight excluding hydrogens is 308 g/mol. The lowest BCUT2D eigenvalue weighted by molar-refractivity contribution is -0.117. The lowest BCUT2D eigenvalue weighted by Gasteiger charge is -2.10. The van der Waals surface area contributed by atoms with Gasteiger partial charge in [-0.25, -0.2) is 9.59 Å². The zero-order valence-electron chi connectivity index (χ0n) is 12.6. The smallest absolute Gasteiger partial charge is 0.334 e. The first-order valence-corrected chi connectivity index (χ1v) is 7.09. The fraction of sp³-hybridized carbons (Fsp3) is 0.538. The fourth-order valence-corrected chi connectivity index (χ4v) is 2.43. The highest BCUT2D eigenvalue weighted by Crippen LogP contribution is 2.04. The largest absolute Gasteiger partial charge is 0.376 e. The number of aliphatic hydroxyl groups is 2. The Morgan fingerprint density at radius 2 is 1.70 bits per heavy atom. The van der Waals surface area contributed by atoms with E-state index in [-0.39, 0.29) is 23.5 Å². The zero-order chi connectivity index (χ0) is 17.1. The van der Waals surface area contributed by atoms with Crippen LogP contribution >= 0.6 is 0 Å². The normalized spacial score (nSPS) is 11.3. The molecule has 0 spiro atoms. The molecule has 126 valence electrons. The van der Waals surface area contributed by atoms with Crippen molar-refractivity contribution in [3.63, 3.8) is 0 Å². The molecule has 0 aromatic carbocycles. The Balaban J connectivity index is 2.57. The highest BCUT2D eigenvalue weighted by molar-refractivity contribution is 5.75. The molecule has 0 aliphatic heterocycles. The van der Waals surface area contributed by atoms with Crippen molar-refractivity contribution in [1.29, 1.82) is 0 Å². The van der Waals surface area contributed by atoms with Crippen LogP contribution in [-0.4, -0.2) is 34.7 Å². The number of hydrogen-bond acceptors (Lipinski definition) is 6. The van der Waals surface area contributed by atoms with E-state index in [9.17, 15) is 29.4 Å². The first kappa shape index (κ1) is 16.9. The maximum Gasteiger partial charge on any atom is 0.334 e. The molecule has 0 bridgehead atoms. The van der Waals surface area contributed by atoms with Crippen molar-refractivity contribution < 1.29 is 15.0 Å². The zero-order valence-corrected chi connectivity index (χ0v) is 12.6. The Morgan fingerprint density at radius 1 is 1.04 bits per heavy atom. The van der Waals surface area contributed by atoms with Gasteiger partial charge in [-0.1, -0.05) is 0 Å². The van der Waals surface area contributed by atoms with Crippen LogP contribution < -0.4 is 16.9 Å². The molecule has 2 heterocycles. The topological polar surface area (TPSA) is 139 Å². The molecule has 0 aliphatic carbocycles. The number of nitrogens with zero attached hydrogens (tertiary/aromatic N) is 3. The SMILES string of the molecule is CC(=O)CCCCn1c(=O)c2c([nH]c(=O)n2CO)n(CO)c1=O. The van der Waals surface area contributed by atoms with Crippen LogP contribution in [0.15, 0.2) is 14.4 Å². The maximum atomic E-state index is 12.4. The number of Topliss-reactive ketones (excluding diaryl/α,β-unsaturated/α-hetero) is 1. The summed E-state index contributed by atoms with van der Waals surface area (Å²) in [6, 6.07) is 0. The van der Waals surface area contributed by atoms with Gasteiger partial charge in [0.1, 0.15) is 19.2 Å². The average molecular weight is 326 g/mol. The van der Waals surface area contributed by atoms with Gasteiger partial charge in [-0.15, -0.1) is 0 Å². The molecule has 10 nitrogen and oxygen atoms in total. The highest BCUT2D eigenvalue weighted by atomic mass is 16.3. The monoisotopic (exact) mass is 326 g/mol. The van der Waals surface area contributed by atoms with E-state index in [0.717, 1.165) is 13.7 Å². The number of nitrogens with one attached hydrogen (secondary N) is 1. The first-order valence-electron chi connectivity index (χ1n) is 7.09. The van der Waals surface area contributed by atoms with E-state index in [2.05, 4.69) is 4.98 Å². The molecule has 0 amide bonds. The number of unbranched alkanes of at least 4 members (excludes halogenated alkanes) is 1. The summed E-state index contributed by atoms with van der Waals surface area (Å²) in [7, 11) is 0. The maximum absolute atomic E-state index is 12.4. The van der Waals surface area contributed by atoms with Gasteiger partial charge < -0.3 is 15.0 Å². The Labute approximate surface area is 129 Å². The third-order valence-corrected chi connectivity index (χ3v) is 3.59. The van der Waals surface area contributed by atoms with E-state index in [4.69, 9.17) is 0 Å². The van der Waals surface area contributed by atoms with Crippen molar-refractivity contribution in [2.45, 2.75) is 46.2 Å². The van der Waals surface area contributed by atoms with Crippen LogP contribution in [0.1, 0.15) is 26.2 Å². The van der Waals surface area contributed by atoms with Crippen LogP contribution in [0.2, 0.25) is 0 Å². The summed E-state index contributed by atoms with van der Waals surface area (Å²) in [5, 5.41) is 18.6. The first-order chi connectivity index (χ1) is 10.9. The lowest BCUT2D eigenvalue weighted by Crippen LogP contribution is -2.41. The number of rotatable bonds is 7. The number of carbonyl (C=O) groups excluding carboxylic acids is 1. The molecule has 0 radical (unpaired) electrons. The van der Waals surface area contributed by atoms with E-state index in [1.807, 2.05) is 0 Å². The molecule has 0 aliphatic rings. The number of aromatic amines is 1. The molecule has 3 N–H and O–H groups in total. The summed E-state index contributed by atoms with van der Waals surface area (Å²) in [6.45, 7) is 0.0406. The number of ketones is 1. The van der Waals surface area contributed by atoms with Gasteiger partial charge in [0, 0.05) is 13.0 Å². The number of imidazole rings is 1. The second kappa shape index (κ2) is 6.75. The van der Waals surface area contributed by atoms with Gasteiger partial charge in [0.2, 0.25) is 0 Å². The van der Waals surface area contributed by atoms with Gasteiger partial charge >= 0.3 is 11.4 Å². The lowest BCUT2D eigenvalue weighted by atomic mass is 10.2. The van der Waals surface area contributed by atoms with E-state index in [1.54, 1.807) is 0 Å². The Bertz CT molecular complexity index is 900. The third kappa shape index (κ3) is 3.03. The fourth-order valence-electron chi connectivity index (χ4n) is 2.43. The molecule has 23 heavy (non-hydrogen) atoms. The van der Waals surface area contributed by atoms with Crippen molar-refractivity contribution in [2.75, 3.05) is 0 Å². The molecule has 10 heteroatoms. The van der Waals surface area contributed by atoms with Crippen molar-refractivity contribution in [2.24, 2.45) is 0 Å². The highest BCUT2D eigenvalue weighted by Gasteiger charge is 2.18. The predicted molar refractivity (Wildman–Crippen MR) is 80.0 cm³/mol. The van der Waals surface area contributed by atoms with Gasteiger partial charge in [-0.05, 0) is 19.8 Å². The van der Waals surface area contributed by atoms with Gasteiger partial charge in [0.25, 0.3) is 5.56 Å². The second-order valence-corrected chi connectivity index (χ2v) is 5.16. The minimum absolute atomic E-state index is 0.0142. The van der Waals surface area contributed by atoms with E-state index in [0.29, 0.717) is 19.3 Å². The minimum atomic E-state index is -0.765. The molecule has 2 aromatic rings. The number of H-pyrrole nitrogens is 1. The van der Waals surface area contributed by atoms with Crippen LogP contribution in [0.4, 0.5) is 0 Å². The third-order valence-electron chi connectivity index (χ3n) is 3.59. The molecule has 2 rings (SSSR count). The van der Waals surface area contributed by atoms with E-state index >= 15 is 0 Å². The summed E-state index contributed by atoms with van der Waals surface area (Å²) >= 11 is 0. The summed E-state index contributed by atoms with van der Waals surface area (Å²) in [5.41, 5.74) is -2.57. The average Bonchev–Trinajstić information content (AvgIpc) is 2.82. The molecular formula is C13H18N4O6. The van der Waals surface area contributed by atoms with Crippen molar-refractivity contribution in [3.05, 3.63) is 31.3 Å². The van der Waals surface area contributed by atoms with Crippen LogP contribution in [0.3, 0.4) is 0 Å². The van der Waals surface area contributed by atoms with E-state index in [1.165, 1.54) is 6.92 Å². The summed E-state index contributed by atoms with van der Waals surface area (Å²) in [5.74, 6) is 0.0142. The van der Waals surface area contributed by atoms with E-state index < -0.39 is 30.4 Å². The number of aromatic nitrogens is 4. The second-order valence-electron chi connectivity index (χ2n) is 5.16. The molecule has 2 aromatic heterocycles. The minimum Gasteiger partial charge on any atom is -0.376 e. The number of aliphatic hydroxyl groups excluding tert-OH is 2.